The minimum Gasteiger partial charge on any atom is -0.300 e. The Morgan fingerprint density at radius 3 is 2.43 bits per heavy atom. The average Bonchev–Trinajstić information content (AvgIpc) is 1.55. The lowest BCUT2D eigenvalue weighted by atomic mass is 10.4. The van der Waals surface area contributed by atoms with Crippen LogP contribution in [0.5, 0.6) is 0 Å². The summed E-state index contributed by atoms with van der Waals surface area (Å²) < 4.78 is 0. The van der Waals surface area contributed by atoms with Crippen molar-refractivity contribution in [3.05, 3.63) is 12.7 Å². The Morgan fingerprint density at radius 1 is 1.57 bits per heavy atom. The SMILES string of the molecule is C=CCN1CC[13CH2]1. The molecule has 0 bridgehead atoms. The normalized spacial score (nSPS) is 21.1. The summed E-state index contributed by atoms with van der Waals surface area (Å²) >= 11 is 0. The van der Waals surface area contributed by atoms with Crippen LogP contribution in [0.1, 0.15) is 6.42 Å². The second-order valence-electron chi connectivity index (χ2n) is 1.94. The molecule has 0 atom stereocenters. The molecule has 1 rings (SSSR count). The molecule has 7 heavy (non-hydrogen) atoms. The van der Waals surface area contributed by atoms with Crippen LogP contribution in [0, 0.1) is 0 Å². The van der Waals surface area contributed by atoms with E-state index < -0.39 is 0 Å². The third-order valence-corrected chi connectivity index (χ3v) is 1.34. The summed E-state index contributed by atoms with van der Waals surface area (Å²) in [6, 6.07) is 0. The molecule has 1 aliphatic rings. The van der Waals surface area contributed by atoms with Crippen LogP contribution in [0.15, 0.2) is 12.7 Å². The number of hydrogen-bond donors (Lipinski definition) is 0. The van der Waals surface area contributed by atoms with Crippen molar-refractivity contribution in [1.82, 2.24) is 4.90 Å². The maximum Gasteiger partial charge on any atom is 0.0160 e. The van der Waals surface area contributed by atoms with Crippen molar-refractivity contribution < 1.29 is 0 Å². The molecular weight excluding hydrogens is 87.1 g/mol. The van der Waals surface area contributed by atoms with E-state index in [0.29, 0.717) is 0 Å². The first-order chi connectivity index (χ1) is 3.43. The van der Waals surface area contributed by atoms with E-state index in [4.69, 9.17) is 0 Å². The zero-order valence-electron chi connectivity index (χ0n) is 4.56. The van der Waals surface area contributed by atoms with Gasteiger partial charge < -0.3 is 0 Å². The predicted molar refractivity (Wildman–Crippen MR) is 31.3 cm³/mol. The van der Waals surface area contributed by atoms with E-state index in [1.807, 2.05) is 6.08 Å². The number of rotatable bonds is 2. The minimum atomic E-state index is 1.08. The van der Waals surface area contributed by atoms with Crippen LogP contribution in [0.3, 0.4) is 0 Å². The van der Waals surface area contributed by atoms with Crippen LogP contribution in [-0.4, -0.2) is 24.5 Å². The Morgan fingerprint density at radius 2 is 2.29 bits per heavy atom. The molecule has 0 aromatic heterocycles. The summed E-state index contributed by atoms with van der Waals surface area (Å²) in [7, 11) is 0. The lowest BCUT2D eigenvalue weighted by molar-refractivity contribution is 0.203. The van der Waals surface area contributed by atoms with Crippen LogP contribution >= 0.6 is 0 Å². The van der Waals surface area contributed by atoms with Gasteiger partial charge in [-0.2, -0.15) is 0 Å². The second kappa shape index (κ2) is 2.12. The largest absolute Gasteiger partial charge is 0.300 e. The van der Waals surface area contributed by atoms with Gasteiger partial charge in [-0.15, -0.1) is 6.58 Å². The first kappa shape index (κ1) is 4.85. The molecule has 0 amide bonds. The van der Waals surface area contributed by atoms with Gasteiger partial charge in [-0.3, -0.25) is 4.90 Å². The fourth-order valence-electron chi connectivity index (χ4n) is 0.747. The predicted octanol–water partition coefficient (Wildman–Crippen LogP) is 0.878. The number of likely N-dealkylation sites (tertiary alicyclic amines) is 1. The Bertz CT molecular complexity index is 64.6. The van der Waals surface area contributed by atoms with Crippen LogP contribution in [-0.2, 0) is 0 Å². The van der Waals surface area contributed by atoms with Crippen LogP contribution in [0.2, 0.25) is 0 Å². The molecule has 0 aromatic carbocycles. The fourth-order valence-corrected chi connectivity index (χ4v) is 0.747. The third kappa shape index (κ3) is 1.03. The van der Waals surface area contributed by atoms with Crippen molar-refractivity contribution in [2.24, 2.45) is 0 Å². The van der Waals surface area contributed by atoms with Gasteiger partial charge in [0.15, 0.2) is 0 Å². The van der Waals surface area contributed by atoms with E-state index >= 15 is 0 Å². The highest BCUT2D eigenvalue weighted by atomic mass is 15.3. The molecule has 0 saturated carbocycles. The van der Waals surface area contributed by atoms with E-state index in [2.05, 4.69) is 11.5 Å². The number of nitrogens with zero attached hydrogens (tertiary/aromatic N) is 1. The van der Waals surface area contributed by atoms with Gasteiger partial charge in [0.1, 0.15) is 0 Å². The highest BCUT2D eigenvalue weighted by Gasteiger charge is 2.09. The molecule has 0 radical (unpaired) electrons. The van der Waals surface area contributed by atoms with Gasteiger partial charge in [0.05, 0.1) is 0 Å². The minimum absolute atomic E-state index is 1.08. The standard InChI is InChI=1S/C6H11N/c1-2-4-7-5-3-6-7/h2H,1,3-6H2/i5+1. The molecule has 1 nitrogen and oxygen atoms in total. The van der Waals surface area contributed by atoms with Crippen molar-refractivity contribution in [2.75, 3.05) is 19.6 Å². The van der Waals surface area contributed by atoms with E-state index in [9.17, 15) is 0 Å². The van der Waals surface area contributed by atoms with Crippen molar-refractivity contribution in [3.63, 3.8) is 0 Å². The topological polar surface area (TPSA) is 3.24 Å². The molecule has 1 fully saturated rings. The maximum atomic E-state index is 3.64. The molecular formula is C6H11N. The first-order valence-corrected chi connectivity index (χ1v) is 2.77. The van der Waals surface area contributed by atoms with Crippen molar-refractivity contribution in [3.8, 4) is 0 Å². The Hall–Kier alpha value is -0.300. The zero-order valence-corrected chi connectivity index (χ0v) is 4.56. The van der Waals surface area contributed by atoms with E-state index in [1.165, 1.54) is 19.5 Å². The van der Waals surface area contributed by atoms with E-state index in [-0.39, 0.29) is 0 Å². The molecule has 1 heteroatoms. The molecule has 0 spiro atoms. The summed E-state index contributed by atoms with van der Waals surface area (Å²) in [4.78, 5) is 2.37. The molecule has 0 aromatic rings. The Balaban J connectivity index is 2.03. The lowest BCUT2D eigenvalue weighted by Gasteiger charge is -2.28. The highest BCUT2D eigenvalue weighted by molar-refractivity contribution is 4.77. The number of hydrogen-bond acceptors (Lipinski definition) is 1. The van der Waals surface area contributed by atoms with Gasteiger partial charge in [0.25, 0.3) is 0 Å². The van der Waals surface area contributed by atoms with E-state index in [0.717, 1.165) is 6.54 Å². The second-order valence-corrected chi connectivity index (χ2v) is 1.94. The molecule has 40 valence electrons. The summed E-state index contributed by atoms with van der Waals surface area (Å²) in [6.07, 6.45) is 3.34. The fraction of sp³-hybridized carbons (Fsp3) is 0.667. The summed E-state index contributed by atoms with van der Waals surface area (Å²) in [6.45, 7) is 7.29. The quantitative estimate of drug-likeness (QED) is 0.366. The van der Waals surface area contributed by atoms with Crippen molar-refractivity contribution in [2.45, 2.75) is 6.42 Å². The Kier molecular flexibility index (Phi) is 1.47. The summed E-state index contributed by atoms with van der Waals surface area (Å²) in [5.74, 6) is 0. The summed E-state index contributed by atoms with van der Waals surface area (Å²) in [5, 5.41) is 0. The van der Waals surface area contributed by atoms with Gasteiger partial charge in [-0.05, 0) is 19.5 Å². The van der Waals surface area contributed by atoms with Crippen LogP contribution in [0.4, 0.5) is 0 Å². The zero-order chi connectivity index (χ0) is 5.11. The Labute approximate surface area is 44.6 Å². The molecule has 1 aliphatic heterocycles. The van der Waals surface area contributed by atoms with Crippen LogP contribution < -0.4 is 0 Å². The van der Waals surface area contributed by atoms with E-state index in [1.54, 1.807) is 0 Å². The molecule has 1 heterocycles. The van der Waals surface area contributed by atoms with Gasteiger partial charge in [0, 0.05) is 6.54 Å². The molecule has 0 unspecified atom stereocenters. The van der Waals surface area contributed by atoms with Gasteiger partial charge >= 0.3 is 0 Å². The summed E-state index contributed by atoms with van der Waals surface area (Å²) in [5.41, 5.74) is 0. The average molecular weight is 98.2 g/mol. The monoisotopic (exact) mass is 98.1 g/mol. The van der Waals surface area contributed by atoms with Gasteiger partial charge in [-0.1, -0.05) is 6.08 Å². The van der Waals surface area contributed by atoms with Crippen LogP contribution in [0.25, 0.3) is 0 Å². The first-order valence-electron chi connectivity index (χ1n) is 2.77. The van der Waals surface area contributed by atoms with Crippen molar-refractivity contribution in [1.29, 1.82) is 0 Å². The lowest BCUT2D eigenvalue weighted by Crippen LogP contribution is -2.36. The highest BCUT2D eigenvalue weighted by Crippen LogP contribution is 2.03. The van der Waals surface area contributed by atoms with Crippen molar-refractivity contribution >= 4 is 0 Å². The third-order valence-electron chi connectivity index (χ3n) is 1.34. The molecule has 1 saturated heterocycles. The maximum absolute atomic E-state index is 3.64. The molecule has 0 aliphatic carbocycles. The smallest absolute Gasteiger partial charge is 0.0160 e. The van der Waals surface area contributed by atoms with Gasteiger partial charge in [0.2, 0.25) is 0 Å². The molecule has 0 N–H and O–H groups in total. The van der Waals surface area contributed by atoms with Gasteiger partial charge in [-0.25, -0.2) is 0 Å².